The maximum absolute atomic E-state index is 5.34. The minimum Gasteiger partial charge on any atom is -0.493 e. The highest BCUT2D eigenvalue weighted by molar-refractivity contribution is 7.80. The van der Waals surface area contributed by atoms with Crippen LogP contribution in [0.5, 0.6) is 17.2 Å². The van der Waals surface area contributed by atoms with Crippen molar-refractivity contribution >= 4 is 23.5 Å². The Morgan fingerprint density at radius 3 is 2.44 bits per heavy atom. The van der Waals surface area contributed by atoms with E-state index in [9.17, 15) is 0 Å². The van der Waals surface area contributed by atoms with E-state index in [1.54, 1.807) is 27.5 Å². The molecule has 1 fully saturated rings. The van der Waals surface area contributed by atoms with Crippen molar-refractivity contribution in [1.29, 1.82) is 0 Å². The molecule has 1 saturated heterocycles. The molecule has 1 aromatic rings. The van der Waals surface area contributed by atoms with Crippen LogP contribution in [0.2, 0.25) is 0 Å². The third-order valence-electron chi connectivity index (χ3n) is 4.11. The molecule has 2 N–H and O–H groups in total. The van der Waals surface area contributed by atoms with E-state index in [1.165, 1.54) is 0 Å². The maximum atomic E-state index is 5.34. The molecule has 1 aromatic carbocycles. The van der Waals surface area contributed by atoms with Crippen LogP contribution in [-0.2, 0) is 4.74 Å². The first-order valence-corrected chi connectivity index (χ1v) is 9.25. The van der Waals surface area contributed by atoms with Gasteiger partial charge in [0.1, 0.15) is 0 Å². The molecule has 27 heavy (non-hydrogen) atoms. The summed E-state index contributed by atoms with van der Waals surface area (Å²) in [5, 5.41) is 7.80. The third-order valence-corrected chi connectivity index (χ3v) is 4.34. The van der Waals surface area contributed by atoms with Crippen LogP contribution in [0.15, 0.2) is 17.2 Å². The smallest absolute Gasteiger partial charge is 0.203 e. The van der Waals surface area contributed by atoms with Gasteiger partial charge in [0.05, 0.1) is 40.8 Å². The van der Waals surface area contributed by atoms with Crippen molar-refractivity contribution in [2.45, 2.75) is 6.42 Å². The van der Waals surface area contributed by atoms with Crippen LogP contribution >= 0.6 is 12.2 Å². The van der Waals surface area contributed by atoms with Gasteiger partial charge in [-0.3, -0.25) is 10.3 Å². The highest BCUT2D eigenvalue weighted by atomic mass is 32.1. The van der Waals surface area contributed by atoms with Crippen molar-refractivity contribution in [3.63, 3.8) is 0 Å². The molecule has 0 spiro atoms. The van der Waals surface area contributed by atoms with Gasteiger partial charge in [-0.2, -0.15) is 5.10 Å². The van der Waals surface area contributed by atoms with Gasteiger partial charge in [0.25, 0.3) is 0 Å². The standard InChI is InChI=1S/C18H28N4O4S/c1-23-15-11-14(12-16(24-2)17(15)25-3)13-20-21-18(27)19-5-4-6-22-7-9-26-10-8-22/h11-13H,4-10H2,1-3H3,(H2,19,21,27)/b20-13-. The molecular weight excluding hydrogens is 368 g/mol. The van der Waals surface area contributed by atoms with Gasteiger partial charge >= 0.3 is 0 Å². The first kappa shape index (κ1) is 21.2. The van der Waals surface area contributed by atoms with Gasteiger partial charge in [-0.15, -0.1) is 0 Å². The van der Waals surface area contributed by atoms with Crippen LogP contribution in [0.25, 0.3) is 0 Å². The molecule has 0 aliphatic carbocycles. The molecule has 0 atom stereocenters. The molecule has 0 bridgehead atoms. The molecular formula is C18H28N4O4S. The zero-order valence-electron chi connectivity index (χ0n) is 16.1. The number of methoxy groups -OCH3 is 3. The SMILES string of the molecule is COc1cc(/C=N\NC(=S)NCCCN2CCOCC2)cc(OC)c1OC. The van der Waals surface area contributed by atoms with Gasteiger partial charge in [-0.1, -0.05) is 0 Å². The van der Waals surface area contributed by atoms with Gasteiger partial charge in [0.2, 0.25) is 5.75 Å². The topological polar surface area (TPSA) is 76.6 Å². The van der Waals surface area contributed by atoms with Crippen molar-refractivity contribution in [3.05, 3.63) is 17.7 Å². The van der Waals surface area contributed by atoms with Crippen LogP contribution in [0, 0.1) is 0 Å². The van der Waals surface area contributed by atoms with Crippen LogP contribution in [-0.4, -0.2) is 76.9 Å². The zero-order valence-corrected chi connectivity index (χ0v) is 16.9. The molecule has 0 radical (unpaired) electrons. The second-order valence-electron chi connectivity index (χ2n) is 5.89. The van der Waals surface area contributed by atoms with Crippen molar-refractivity contribution in [1.82, 2.24) is 15.6 Å². The molecule has 0 amide bonds. The van der Waals surface area contributed by atoms with Gasteiger partial charge < -0.3 is 24.3 Å². The van der Waals surface area contributed by atoms with Gasteiger partial charge in [0.15, 0.2) is 16.6 Å². The number of thiocarbonyl (C=S) groups is 1. The van der Waals surface area contributed by atoms with Crippen LogP contribution in [0.1, 0.15) is 12.0 Å². The lowest BCUT2D eigenvalue weighted by Crippen LogP contribution is -2.39. The second kappa shape index (κ2) is 11.6. The number of nitrogens with one attached hydrogen (secondary N) is 2. The summed E-state index contributed by atoms with van der Waals surface area (Å²) in [6.45, 7) is 5.48. The van der Waals surface area contributed by atoms with Gasteiger partial charge in [0, 0.05) is 25.2 Å². The molecule has 1 heterocycles. The molecule has 1 aliphatic rings. The Morgan fingerprint density at radius 1 is 1.19 bits per heavy atom. The Balaban J connectivity index is 1.76. The Bertz CT molecular complexity index is 611. The van der Waals surface area contributed by atoms with Crippen molar-refractivity contribution in [3.8, 4) is 17.2 Å². The summed E-state index contributed by atoms with van der Waals surface area (Å²) in [6.07, 6.45) is 2.66. The summed E-state index contributed by atoms with van der Waals surface area (Å²) in [4.78, 5) is 2.39. The fourth-order valence-corrected chi connectivity index (χ4v) is 2.86. The average Bonchev–Trinajstić information content (AvgIpc) is 2.71. The van der Waals surface area contributed by atoms with Gasteiger partial charge in [-0.05, 0) is 37.3 Å². The highest BCUT2D eigenvalue weighted by Crippen LogP contribution is 2.37. The van der Waals surface area contributed by atoms with E-state index < -0.39 is 0 Å². The predicted molar refractivity (Wildman–Crippen MR) is 109 cm³/mol. The van der Waals surface area contributed by atoms with Crippen LogP contribution in [0.3, 0.4) is 0 Å². The summed E-state index contributed by atoms with van der Waals surface area (Å²) in [5.41, 5.74) is 3.61. The van der Waals surface area contributed by atoms with E-state index in [2.05, 4.69) is 20.7 Å². The van der Waals surface area contributed by atoms with Crippen LogP contribution < -0.4 is 25.0 Å². The summed E-state index contributed by atoms with van der Waals surface area (Å²) in [6, 6.07) is 3.62. The molecule has 8 nitrogen and oxygen atoms in total. The fourth-order valence-electron chi connectivity index (χ4n) is 2.71. The summed E-state index contributed by atoms with van der Waals surface area (Å²) in [5.74, 6) is 1.69. The monoisotopic (exact) mass is 396 g/mol. The molecule has 150 valence electrons. The minimum atomic E-state index is 0.487. The largest absolute Gasteiger partial charge is 0.493 e. The zero-order chi connectivity index (χ0) is 19.5. The highest BCUT2D eigenvalue weighted by Gasteiger charge is 2.12. The minimum absolute atomic E-state index is 0.487. The third kappa shape index (κ3) is 6.85. The van der Waals surface area contributed by atoms with Crippen molar-refractivity contribution < 1.29 is 18.9 Å². The number of benzene rings is 1. The lowest BCUT2D eigenvalue weighted by molar-refractivity contribution is 0.0376. The number of hydrazone groups is 1. The lowest BCUT2D eigenvalue weighted by Gasteiger charge is -2.26. The molecule has 0 unspecified atom stereocenters. The summed E-state index contributed by atoms with van der Waals surface area (Å²) in [7, 11) is 4.72. The maximum Gasteiger partial charge on any atom is 0.203 e. The molecule has 1 aliphatic heterocycles. The van der Waals surface area contributed by atoms with Crippen molar-refractivity contribution in [2.24, 2.45) is 5.10 Å². The van der Waals surface area contributed by atoms with E-state index in [1.807, 2.05) is 12.1 Å². The quantitative estimate of drug-likeness (QED) is 0.279. The van der Waals surface area contributed by atoms with E-state index in [-0.39, 0.29) is 0 Å². The molecule has 0 aromatic heterocycles. The fraction of sp³-hybridized carbons (Fsp3) is 0.556. The first-order valence-electron chi connectivity index (χ1n) is 8.85. The Kier molecular flexibility index (Phi) is 9.09. The Hall–Kier alpha value is -2.10. The Labute approximate surface area is 165 Å². The van der Waals surface area contributed by atoms with Crippen molar-refractivity contribution in [2.75, 3.05) is 60.7 Å². The molecule has 0 saturated carbocycles. The van der Waals surface area contributed by atoms with Crippen LogP contribution in [0.4, 0.5) is 0 Å². The molecule has 2 rings (SSSR count). The van der Waals surface area contributed by atoms with E-state index in [4.69, 9.17) is 31.2 Å². The number of hydrogen-bond donors (Lipinski definition) is 2. The normalized spacial score (nSPS) is 14.8. The first-order chi connectivity index (χ1) is 13.2. The number of hydrogen-bond acceptors (Lipinski definition) is 7. The number of rotatable bonds is 9. The lowest BCUT2D eigenvalue weighted by atomic mass is 10.2. The predicted octanol–water partition coefficient (Wildman–Crippen LogP) is 1.23. The van der Waals surface area contributed by atoms with E-state index >= 15 is 0 Å². The molecule has 9 heteroatoms. The average molecular weight is 397 g/mol. The number of nitrogens with zero attached hydrogens (tertiary/aromatic N) is 2. The number of ether oxygens (including phenoxy) is 4. The summed E-state index contributed by atoms with van der Waals surface area (Å²) < 4.78 is 21.3. The Morgan fingerprint density at radius 2 is 1.85 bits per heavy atom. The second-order valence-corrected chi connectivity index (χ2v) is 6.30. The van der Waals surface area contributed by atoms with Gasteiger partial charge in [-0.25, -0.2) is 0 Å². The number of morpholine rings is 1. The van der Waals surface area contributed by atoms with E-state index in [0.717, 1.165) is 51.4 Å². The summed E-state index contributed by atoms with van der Waals surface area (Å²) >= 11 is 5.24. The van der Waals surface area contributed by atoms with E-state index in [0.29, 0.717) is 22.4 Å².